The van der Waals surface area contributed by atoms with Crippen LogP contribution >= 0.6 is 0 Å². The summed E-state index contributed by atoms with van der Waals surface area (Å²) in [5, 5.41) is 0. The molecule has 32 heavy (non-hydrogen) atoms. The van der Waals surface area contributed by atoms with E-state index in [1.165, 1.54) is 0 Å². The van der Waals surface area contributed by atoms with Gasteiger partial charge in [0.25, 0.3) is 11.8 Å². The molecule has 2 aromatic carbocycles. The van der Waals surface area contributed by atoms with Crippen molar-refractivity contribution in [1.82, 2.24) is 10.9 Å². The maximum Gasteiger partial charge on any atom is 0.265 e. The van der Waals surface area contributed by atoms with Crippen molar-refractivity contribution in [3.05, 3.63) is 47.5 Å². The van der Waals surface area contributed by atoms with E-state index in [4.69, 9.17) is 30.6 Å². The maximum atomic E-state index is 11.9. The highest BCUT2D eigenvalue weighted by Gasteiger charge is 2.17. The summed E-state index contributed by atoms with van der Waals surface area (Å²) in [6.07, 6.45) is 0. The van der Waals surface area contributed by atoms with Gasteiger partial charge in [0.2, 0.25) is 0 Å². The molecule has 0 heterocycles. The average Bonchev–Trinajstić information content (AvgIpc) is 2.84. The highest BCUT2D eigenvalue weighted by atomic mass is 16.5. The van der Waals surface area contributed by atoms with Crippen LogP contribution in [-0.4, -0.2) is 52.5 Å². The Labute approximate surface area is 188 Å². The van der Waals surface area contributed by atoms with Crippen molar-refractivity contribution in [2.45, 2.75) is 13.8 Å². The van der Waals surface area contributed by atoms with Crippen LogP contribution in [0.1, 0.15) is 34.6 Å². The lowest BCUT2D eigenvalue weighted by atomic mass is 9.99. The summed E-state index contributed by atoms with van der Waals surface area (Å²) >= 11 is 0. The lowest BCUT2D eigenvalue weighted by Crippen LogP contribution is -2.30. The Bertz CT molecular complexity index is 804. The Balaban J connectivity index is 0.00000249. The van der Waals surface area contributed by atoms with Crippen LogP contribution in [-0.2, 0) is 9.47 Å². The molecule has 2 rings (SSSR count). The van der Waals surface area contributed by atoms with Gasteiger partial charge in [0.15, 0.2) is 0 Å². The summed E-state index contributed by atoms with van der Waals surface area (Å²) in [6.45, 7) is 5.26. The third kappa shape index (κ3) is 7.50. The van der Waals surface area contributed by atoms with Gasteiger partial charge < -0.3 is 18.9 Å². The minimum absolute atomic E-state index is 0.269. The minimum Gasteiger partial charge on any atom is -0.491 e. The largest absolute Gasteiger partial charge is 0.491 e. The number of hydrazine groups is 2. The molecule has 6 N–H and O–H groups in total. The zero-order valence-electron chi connectivity index (χ0n) is 18.9. The zero-order valence-corrected chi connectivity index (χ0v) is 18.9. The van der Waals surface area contributed by atoms with Gasteiger partial charge in [0.1, 0.15) is 24.7 Å². The van der Waals surface area contributed by atoms with Crippen LogP contribution in [0.15, 0.2) is 36.4 Å². The molecule has 0 aliphatic heterocycles. The first kappa shape index (κ1) is 26.9. The molecule has 0 bridgehead atoms. The monoisotopic (exact) mass is 448 g/mol. The molecule has 0 fully saturated rings. The fourth-order valence-electron chi connectivity index (χ4n) is 2.65. The Morgan fingerprint density at radius 1 is 0.719 bits per heavy atom. The molecule has 2 aromatic rings. The van der Waals surface area contributed by atoms with E-state index >= 15 is 0 Å². The molecule has 0 atom stereocenters. The second-order valence-electron chi connectivity index (χ2n) is 6.05. The fourth-order valence-corrected chi connectivity index (χ4v) is 2.65. The molecule has 0 spiro atoms. The van der Waals surface area contributed by atoms with Gasteiger partial charge in [-0.1, -0.05) is 13.8 Å². The predicted molar refractivity (Wildman–Crippen MR) is 121 cm³/mol. The predicted octanol–water partition coefficient (Wildman–Crippen LogP) is 1.64. The molecule has 0 saturated heterocycles. The molecule has 2 amide bonds. The Kier molecular flexibility index (Phi) is 12.4. The zero-order chi connectivity index (χ0) is 23.9. The molecule has 10 heteroatoms. The number of nitrogens with one attached hydrogen (secondary N) is 2. The topological polar surface area (TPSA) is 147 Å². The number of benzene rings is 2. The number of hydrogen-bond acceptors (Lipinski definition) is 8. The summed E-state index contributed by atoms with van der Waals surface area (Å²) in [4.78, 5) is 23.9. The van der Waals surface area contributed by atoms with E-state index in [1.54, 1.807) is 50.6 Å². The fraction of sp³-hybridized carbons (Fsp3) is 0.364. The van der Waals surface area contributed by atoms with E-state index in [2.05, 4.69) is 10.9 Å². The number of amides is 2. The van der Waals surface area contributed by atoms with E-state index in [9.17, 15) is 9.59 Å². The standard InChI is InChI=1S/C20H26N4O6.C2H6/c1-27-7-9-29-17-11-13(19(25)23-21)3-5-15(17)16-6-4-14(20(26)24-22)12-18(16)30-10-8-28-2;1-2/h3-6,11-12H,7-10,21-22H2,1-2H3,(H,23,25)(H,24,26);1-2H3. The van der Waals surface area contributed by atoms with E-state index < -0.39 is 11.8 Å². The molecular formula is C22H32N4O6. The van der Waals surface area contributed by atoms with Crippen molar-refractivity contribution < 1.29 is 28.5 Å². The second kappa shape index (κ2) is 14.8. The molecule has 0 aliphatic carbocycles. The van der Waals surface area contributed by atoms with Crippen LogP contribution < -0.4 is 32.0 Å². The first-order valence-corrected chi connectivity index (χ1v) is 10.1. The summed E-state index contributed by atoms with van der Waals surface area (Å²) in [7, 11) is 3.12. The molecule has 0 unspecified atom stereocenters. The Hall–Kier alpha value is -3.18. The van der Waals surface area contributed by atoms with E-state index in [1.807, 2.05) is 13.8 Å². The molecule has 0 radical (unpaired) electrons. The molecule has 0 aromatic heterocycles. The summed E-state index contributed by atoms with van der Waals surface area (Å²) in [5.74, 6) is 10.4. The van der Waals surface area contributed by atoms with Gasteiger partial charge in [0, 0.05) is 36.5 Å². The van der Waals surface area contributed by atoms with Gasteiger partial charge in [-0.25, -0.2) is 11.7 Å². The van der Waals surface area contributed by atoms with E-state index in [0.717, 1.165) is 0 Å². The summed E-state index contributed by atoms with van der Waals surface area (Å²) < 4.78 is 21.7. The molecular weight excluding hydrogens is 416 g/mol. The van der Waals surface area contributed by atoms with Gasteiger partial charge in [-0.05, 0) is 36.4 Å². The van der Waals surface area contributed by atoms with Crippen LogP contribution in [0.4, 0.5) is 0 Å². The van der Waals surface area contributed by atoms with Crippen LogP contribution in [0.3, 0.4) is 0 Å². The van der Waals surface area contributed by atoms with Crippen LogP contribution in [0.5, 0.6) is 11.5 Å². The third-order valence-corrected chi connectivity index (χ3v) is 4.13. The lowest BCUT2D eigenvalue weighted by Gasteiger charge is -2.17. The van der Waals surface area contributed by atoms with Crippen molar-refractivity contribution in [1.29, 1.82) is 0 Å². The number of nitrogens with two attached hydrogens (primary N) is 2. The van der Waals surface area contributed by atoms with Crippen LogP contribution in [0.2, 0.25) is 0 Å². The first-order valence-electron chi connectivity index (χ1n) is 10.1. The van der Waals surface area contributed by atoms with Gasteiger partial charge in [-0.15, -0.1) is 0 Å². The third-order valence-electron chi connectivity index (χ3n) is 4.13. The summed E-state index contributed by atoms with van der Waals surface area (Å²) in [6, 6.07) is 9.81. The highest BCUT2D eigenvalue weighted by molar-refractivity contribution is 5.97. The van der Waals surface area contributed by atoms with Crippen LogP contribution in [0, 0.1) is 0 Å². The maximum absolute atomic E-state index is 11.9. The van der Waals surface area contributed by atoms with Gasteiger partial charge in [-0.2, -0.15) is 0 Å². The number of methoxy groups -OCH3 is 2. The molecule has 0 saturated carbocycles. The number of rotatable bonds is 11. The van der Waals surface area contributed by atoms with Crippen molar-refractivity contribution in [2.75, 3.05) is 40.6 Å². The van der Waals surface area contributed by atoms with Gasteiger partial charge in [-0.3, -0.25) is 20.4 Å². The smallest absolute Gasteiger partial charge is 0.265 e. The highest BCUT2D eigenvalue weighted by Crippen LogP contribution is 2.38. The van der Waals surface area contributed by atoms with Gasteiger partial charge in [0.05, 0.1) is 13.2 Å². The average molecular weight is 449 g/mol. The van der Waals surface area contributed by atoms with E-state index in [0.29, 0.717) is 47.0 Å². The molecule has 176 valence electrons. The first-order chi connectivity index (χ1) is 15.5. The Morgan fingerprint density at radius 2 is 1.09 bits per heavy atom. The normalized spacial score (nSPS) is 9.94. The Morgan fingerprint density at radius 3 is 1.41 bits per heavy atom. The van der Waals surface area contributed by atoms with E-state index in [-0.39, 0.29) is 13.2 Å². The molecule has 0 aliphatic rings. The number of carbonyl (C=O) groups excluding carboxylic acids is 2. The van der Waals surface area contributed by atoms with Crippen molar-refractivity contribution in [2.24, 2.45) is 11.7 Å². The second-order valence-corrected chi connectivity index (χ2v) is 6.05. The lowest BCUT2D eigenvalue weighted by molar-refractivity contribution is 0.0945. The molecule has 10 nitrogen and oxygen atoms in total. The van der Waals surface area contributed by atoms with Crippen molar-refractivity contribution >= 4 is 11.8 Å². The number of carbonyl (C=O) groups is 2. The number of nitrogen functional groups attached to an aromatic ring is 2. The van der Waals surface area contributed by atoms with Gasteiger partial charge >= 0.3 is 0 Å². The minimum atomic E-state index is -0.454. The SMILES string of the molecule is CC.COCCOc1cc(C(=O)NN)ccc1-c1ccc(C(=O)NN)cc1OCCOC. The van der Waals surface area contributed by atoms with Crippen molar-refractivity contribution in [3.8, 4) is 22.6 Å². The number of ether oxygens (including phenoxy) is 4. The summed E-state index contributed by atoms with van der Waals surface area (Å²) in [5.41, 5.74) is 6.16. The quantitative estimate of drug-likeness (QED) is 0.176. The van der Waals surface area contributed by atoms with Crippen LogP contribution in [0.25, 0.3) is 11.1 Å². The number of hydrogen-bond donors (Lipinski definition) is 4. The van der Waals surface area contributed by atoms with Crippen molar-refractivity contribution in [3.63, 3.8) is 0 Å².